The second-order valence-electron chi connectivity index (χ2n) is 2.98. The number of aryl methyl sites for hydroxylation is 2. The first kappa shape index (κ1) is 11.1. The van der Waals surface area contributed by atoms with Crippen molar-refractivity contribution in [2.45, 2.75) is 19.6 Å². The van der Waals surface area contributed by atoms with Gasteiger partial charge in [0.1, 0.15) is 3.53 Å². The Morgan fingerprint density at radius 3 is 2.69 bits per heavy atom. The lowest BCUT2D eigenvalue weighted by atomic mass is 10.1. The SMILES string of the molecule is Cc1ccc(CSC(=S)S)c(C)c1. The molecule has 70 valence electrons. The highest BCUT2D eigenvalue weighted by Gasteiger charge is 1.99. The summed E-state index contributed by atoms with van der Waals surface area (Å²) in [4.78, 5) is 0. The minimum absolute atomic E-state index is 0.708. The number of hydrogen-bond acceptors (Lipinski definition) is 2. The molecule has 0 amide bonds. The Balaban J connectivity index is 2.72. The maximum Gasteiger partial charge on any atom is 0.101 e. The second-order valence-corrected chi connectivity index (χ2v) is 5.69. The molecule has 0 atom stereocenters. The zero-order valence-corrected chi connectivity index (χ0v) is 10.2. The Hall–Kier alpha value is 0.01000. The van der Waals surface area contributed by atoms with Crippen molar-refractivity contribution in [3.05, 3.63) is 34.9 Å². The van der Waals surface area contributed by atoms with Crippen LogP contribution in [0.25, 0.3) is 0 Å². The quantitative estimate of drug-likeness (QED) is 0.605. The van der Waals surface area contributed by atoms with Crippen molar-refractivity contribution >= 4 is 40.1 Å². The van der Waals surface area contributed by atoms with Gasteiger partial charge in [-0.25, -0.2) is 0 Å². The van der Waals surface area contributed by atoms with Crippen molar-refractivity contribution in [1.29, 1.82) is 0 Å². The number of thioether (sulfide) groups is 1. The summed E-state index contributed by atoms with van der Waals surface area (Å²) in [7, 11) is 0. The molecule has 0 spiro atoms. The summed E-state index contributed by atoms with van der Waals surface area (Å²) in [6.45, 7) is 4.23. The van der Waals surface area contributed by atoms with Crippen molar-refractivity contribution < 1.29 is 0 Å². The van der Waals surface area contributed by atoms with Crippen LogP contribution in [0.3, 0.4) is 0 Å². The minimum atomic E-state index is 0.708. The summed E-state index contributed by atoms with van der Waals surface area (Å²) in [5.74, 6) is 0.925. The Morgan fingerprint density at radius 2 is 2.15 bits per heavy atom. The van der Waals surface area contributed by atoms with Gasteiger partial charge >= 0.3 is 0 Å². The number of thiocarbonyl (C=S) groups is 1. The molecule has 1 rings (SSSR count). The molecule has 0 bridgehead atoms. The number of rotatable bonds is 2. The molecule has 0 saturated carbocycles. The van der Waals surface area contributed by atoms with E-state index in [1.54, 1.807) is 11.8 Å². The van der Waals surface area contributed by atoms with Crippen molar-refractivity contribution in [2.75, 3.05) is 0 Å². The third kappa shape index (κ3) is 3.71. The molecule has 1 aromatic rings. The van der Waals surface area contributed by atoms with Crippen LogP contribution in [0.5, 0.6) is 0 Å². The van der Waals surface area contributed by atoms with Crippen molar-refractivity contribution in [3.8, 4) is 0 Å². The largest absolute Gasteiger partial charge is 0.125 e. The van der Waals surface area contributed by atoms with Gasteiger partial charge in [0.05, 0.1) is 0 Å². The Labute approximate surface area is 94.5 Å². The molecule has 0 N–H and O–H groups in total. The maximum atomic E-state index is 4.89. The van der Waals surface area contributed by atoms with Gasteiger partial charge in [-0.15, -0.1) is 24.4 Å². The molecule has 0 aliphatic carbocycles. The molecule has 0 heterocycles. The van der Waals surface area contributed by atoms with E-state index in [1.165, 1.54) is 16.7 Å². The highest BCUT2D eigenvalue weighted by Crippen LogP contribution is 2.19. The lowest BCUT2D eigenvalue weighted by molar-refractivity contribution is 1.28. The van der Waals surface area contributed by atoms with E-state index in [9.17, 15) is 0 Å². The van der Waals surface area contributed by atoms with Crippen LogP contribution in [-0.4, -0.2) is 3.53 Å². The molecule has 0 aromatic heterocycles. The van der Waals surface area contributed by atoms with E-state index in [4.69, 9.17) is 12.2 Å². The van der Waals surface area contributed by atoms with E-state index in [1.807, 2.05) is 0 Å². The van der Waals surface area contributed by atoms with Crippen LogP contribution < -0.4 is 0 Å². The topological polar surface area (TPSA) is 0 Å². The summed E-state index contributed by atoms with van der Waals surface area (Å²) in [5.41, 5.74) is 3.98. The summed E-state index contributed by atoms with van der Waals surface area (Å²) >= 11 is 10.6. The van der Waals surface area contributed by atoms with Crippen LogP contribution in [0.2, 0.25) is 0 Å². The van der Waals surface area contributed by atoms with E-state index in [0.717, 1.165) is 5.75 Å². The van der Waals surface area contributed by atoms with Crippen LogP contribution >= 0.6 is 36.6 Å². The minimum Gasteiger partial charge on any atom is -0.125 e. The fourth-order valence-electron chi connectivity index (χ4n) is 1.15. The van der Waals surface area contributed by atoms with Gasteiger partial charge in [0.2, 0.25) is 0 Å². The summed E-state index contributed by atoms with van der Waals surface area (Å²) < 4.78 is 0.708. The maximum absolute atomic E-state index is 4.89. The van der Waals surface area contributed by atoms with E-state index < -0.39 is 0 Å². The van der Waals surface area contributed by atoms with Crippen molar-refractivity contribution in [1.82, 2.24) is 0 Å². The first-order chi connectivity index (χ1) is 6.09. The second kappa shape index (κ2) is 5.03. The molecule has 0 unspecified atom stereocenters. The van der Waals surface area contributed by atoms with Crippen LogP contribution in [0.1, 0.15) is 16.7 Å². The predicted molar refractivity (Wildman–Crippen MR) is 68.8 cm³/mol. The van der Waals surface area contributed by atoms with Gasteiger partial charge in [-0.1, -0.05) is 36.0 Å². The average Bonchev–Trinajstić information content (AvgIpc) is 2.02. The molecule has 13 heavy (non-hydrogen) atoms. The van der Waals surface area contributed by atoms with Gasteiger partial charge in [0.15, 0.2) is 0 Å². The molecule has 0 fully saturated rings. The smallest absolute Gasteiger partial charge is 0.101 e. The Kier molecular flexibility index (Phi) is 4.29. The fourth-order valence-corrected chi connectivity index (χ4v) is 2.12. The fraction of sp³-hybridized carbons (Fsp3) is 0.300. The van der Waals surface area contributed by atoms with Gasteiger partial charge in [0, 0.05) is 5.75 Å². The lowest BCUT2D eigenvalue weighted by Gasteiger charge is -2.05. The van der Waals surface area contributed by atoms with Gasteiger partial charge in [-0.05, 0) is 25.0 Å². The third-order valence-electron chi connectivity index (χ3n) is 1.85. The van der Waals surface area contributed by atoms with Gasteiger partial charge in [-0.2, -0.15) is 0 Å². The molecule has 1 aromatic carbocycles. The van der Waals surface area contributed by atoms with Crippen LogP contribution in [0, 0.1) is 13.8 Å². The first-order valence-electron chi connectivity index (χ1n) is 4.01. The normalized spacial score (nSPS) is 10.1. The molecule has 0 radical (unpaired) electrons. The van der Waals surface area contributed by atoms with Crippen molar-refractivity contribution in [2.24, 2.45) is 0 Å². The predicted octanol–water partition coefficient (Wildman–Crippen LogP) is 3.75. The summed E-state index contributed by atoms with van der Waals surface area (Å²) in [6, 6.07) is 6.48. The number of hydrogen-bond donors (Lipinski definition) is 1. The van der Waals surface area contributed by atoms with E-state index >= 15 is 0 Å². The van der Waals surface area contributed by atoms with E-state index in [0.29, 0.717) is 3.53 Å². The molecule has 0 aliphatic rings. The van der Waals surface area contributed by atoms with Gasteiger partial charge in [0.25, 0.3) is 0 Å². The van der Waals surface area contributed by atoms with Gasteiger partial charge in [-0.3, -0.25) is 0 Å². The van der Waals surface area contributed by atoms with E-state index in [2.05, 4.69) is 44.7 Å². The summed E-state index contributed by atoms with van der Waals surface area (Å²) in [6.07, 6.45) is 0. The third-order valence-corrected chi connectivity index (χ3v) is 3.29. The average molecular weight is 228 g/mol. The Bertz CT molecular complexity index is 318. The first-order valence-corrected chi connectivity index (χ1v) is 5.85. The lowest BCUT2D eigenvalue weighted by Crippen LogP contribution is -1.88. The Morgan fingerprint density at radius 1 is 1.46 bits per heavy atom. The standard InChI is InChI=1S/C10H12S3/c1-7-3-4-9(8(2)5-7)6-13-10(11)12/h3-5H,6H2,1-2H3,(H,11,12). The molecular weight excluding hydrogens is 216 g/mol. The molecule has 3 heteroatoms. The number of thiol groups is 1. The highest BCUT2D eigenvalue weighted by molar-refractivity contribution is 8.41. The highest BCUT2D eigenvalue weighted by atomic mass is 32.2. The molecule has 0 aliphatic heterocycles. The summed E-state index contributed by atoms with van der Waals surface area (Å²) in [5, 5.41) is 0. The zero-order valence-electron chi connectivity index (χ0n) is 7.70. The number of benzene rings is 1. The van der Waals surface area contributed by atoms with Crippen LogP contribution in [-0.2, 0) is 5.75 Å². The van der Waals surface area contributed by atoms with Gasteiger partial charge < -0.3 is 0 Å². The molecular formula is C10H12S3. The monoisotopic (exact) mass is 228 g/mol. The van der Waals surface area contributed by atoms with Crippen LogP contribution in [0.4, 0.5) is 0 Å². The zero-order chi connectivity index (χ0) is 9.84. The van der Waals surface area contributed by atoms with Crippen LogP contribution in [0.15, 0.2) is 18.2 Å². The molecule has 0 saturated heterocycles. The molecule has 0 nitrogen and oxygen atoms in total. The van der Waals surface area contributed by atoms with E-state index in [-0.39, 0.29) is 0 Å². The van der Waals surface area contributed by atoms with Crippen molar-refractivity contribution in [3.63, 3.8) is 0 Å².